The fourth-order valence-electron chi connectivity index (χ4n) is 1.77. The summed E-state index contributed by atoms with van der Waals surface area (Å²) in [6, 6.07) is 14.6. The minimum Gasteiger partial charge on any atom is -0.484 e. The van der Waals surface area contributed by atoms with Crippen LogP contribution in [0.15, 0.2) is 53.0 Å². The third-order valence-corrected chi connectivity index (χ3v) is 3.68. The number of aryl methyl sites for hydroxylation is 1. The molecule has 6 heteroatoms. The van der Waals surface area contributed by atoms with Gasteiger partial charge in [-0.1, -0.05) is 29.8 Å². The molecule has 0 spiro atoms. The number of carbonyl (C=O) groups is 2. The summed E-state index contributed by atoms with van der Waals surface area (Å²) in [7, 11) is 0. The zero-order valence-electron chi connectivity index (χ0n) is 12.6. The Kier molecular flexibility index (Phi) is 6.17. The summed E-state index contributed by atoms with van der Waals surface area (Å²) in [5.74, 6) is -0.0446. The third-order valence-electron chi connectivity index (χ3n) is 2.98. The first-order valence-electron chi connectivity index (χ1n) is 7.05. The number of rotatable bonds is 6. The van der Waals surface area contributed by atoms with Gasteiger partial charge >= 0.3 is 0 Å². The van der Waals surface area contributed by atoms with Crippen LogP contribution in [-0.4, -0.2) is 25.0 Å². The summed E-state index contributed by atoms with van der Waals surface area (Å²) < 4.78 is 6.12. The molecule has 0 fully saturated rings. The number of anilines is 1. The molecule has 5 nitrogen and oxygen atoms in total. The first-order valence-corrected chi connectivity index (χ1v) is 7.84. The molecule has 0 saturated carbocycles. The van der Waals surface area contributed by atoms with Gasteiger partial charge in [0.2, 0.25) is 5.91 Å². The van der Waals surface area contributed by atoms with Gasteiger partial charge in [0.05, 0.1) is 12.2 Å². The molecular formula is C17H17BrN2O3. The van der Waals surface area contributed by atoms with Crippen LogP contribution in [0.5, 0.6) is 5.75 Å². The van der Waals surface area contributed by atoms with Crippen molar-refractivity contribution >= 4 is 33.4 Å². The molecule has 0 heterocycles. The Hall–Kier alpha value is -2.34. The van der Waals surface area contributed by atoms with Crippen LogP contribution in [0.4, 0.5) is 5.69 Å². The molecule has 2 aromatic carbocycles. The van der Waals surface area contributed by atoms with Crippen LogP contribution in [0, 0.1) is 6.92 Å². The highest BCUT2D eigenvalue weighted by atomic mass is 79.9. The fourth-order valence-corrected chi connectivity index (χ4v) is 2.15. The molecule has 120 valence electrons. The van der Waals surface area contributed by atoms with E-state index in [0.29, 0.717) is 11.4 Å². The SMILES string of the molecule is Cc1ccc(OCC(=O)NCC(=O)Nc2ccccc2Br)cc1. The molecule has 0 atom stereocenters. The third kappa shape index (κ3) is 5.75. The second-order valence-corrected chi connectivity index (χ2v) is 5.76. The average Bonchev–Trinajstić information content (AvgIpc) is 2.54. The predicted molar refractivity (Wildman–Crippen MR) is 92.5 cm³/mol. The highest BCUT2D eigenvalue weighted by Gasteiger charge is 2.08. The van der Waals surface area contributed by atoms with Crippen LogP contribution in [0.1, 0.15) is 5.56 Å². The Morgan fingerprint density at radius 1 is 1.04 bits per heavy atom. The molecule has 0 aromatic heterocycles. The van der Waals surface area contributed by atoms with Crippen molar-refractivity contribution in [2.24, 2.45) is 0 Å². The summed E-state index contributed by atoms with van der Waals surface area (Å²) in [5.41, 5.74) is 1.77. The van der Waals surface area contributed by atoms with E-state index in [2.05, 4.69) is 26.6 Å². The number of benzene rings is 2. The number of halogens is 1. The molecule has 0 radical (unpaired) electrons. The fraction of sp³-hybridized carbons (Fsp3) is 0.176. The second kappa shape index (κ2) is 8.33. The Morgan fingerprint density at radius 3 is 2.43 bits per heavy atom. The Bertz CT molecular complexity index is 686. The molecule has 0 aliphatic heterocycles. The normalized spacial score (nSPS) is 10.0. The van der Waals surface area contributed by atoms with Crippen molar-refractivity contribution < 1.29 is 14.3 Å². The Labute approximate surface area is 143 Å². The van der Waals surface area contributed by atoms with E-state index in [9.17, 15) is 9.59 Å². The van der Waals surface area contributed by atoms with E-state index in [1.165, 1.54) is 0 Å². The number of para-hydroxylation sites is 1. The van der Waals surface area contributed by atoms with Crippen LogP contribution in [0.25, 0.3) is 0 Å². The van der Waals surface area contributed by atoms with Gasteiger partial charge in [0.25, 0.3) is 5.91 Å². The maximum absolute atomic E-state index is 11.8. The first kappa shape index (κ1) is 17.0. The highest BCUT2D eigenvalue weighted by Crippen LogP contribution is 2.20. The minimum atomic E-state index is -0.354. The van der Waals surface area contributed by atoms with Crippen LogP contribution in [0.2, 0.25) is 0 Å². The smallest absolute Gasteiger partial charge is 0.258 e. The lowest BCUT2D eigenvalue weighted by molar-refractivity contribution is -0.125. The zero-order valence-corrected chi connectivity index (χ0v) is 14.2. The first-order chi connectivity index (χ1) is 11.0. The van der Waals surface area contributed by atoms with Crippen LogP contribution in [0.3, 0.4) is 0 Å². The van der Waals surface area contributed by atoms with Crippen molar-refractivity contribution in [3.8, 4) is 5.75 Å². The number of hydrogen-bond donors (Lipinski definition) is 2. The van der Waals surface area contributed by atoms with Gasteiger partial charge in [0, 0.05) is 4.47 Å². The standard InChI is InChI=1S/C17H17BrN2O3/c1-12-6-8-13(9-7-12)23-11-17(22)19-10-16(21)20-15-5-3-2-4-14(15)18/h2-9H,10-11H2,1H3,(H,19,22)(H,20,21). The van der Waals surface area contributed by atoms with E-state index in [1.807, 2.05) is 37.3 Å². The molecule has 2 N–H and O–H groups in total. The van der Waals surface area contributed by atoms with E-state index in [-0.39, 0.29) is 25.0 Å². The Balaban J connectivity index is 1.72. The van der Waals surface area contributed by atoms with Gasteiger partial charge in [0.15, 0.2) is 6.61 Å². The molecule has 23 heavy (non-hydrogen) atoms. The van der Waals surface area contributed by atoms with Gasteiger partial charge in [-0.3, -0.25) is 9.59 Å². The van der Waals surface area contributed by atoms with Crippen molar-refractivity contribution in [3.63, 3.8) is 0 Å². The number of carbonyl (C=O) groups excluding carboxylic acids is 2. The van der Waals surface area contributed by atoms with Crippen molar-refractivity contribution in [1.82, 2.24) is 5.32 Å². The zero-order chi connectivity index (χ0) is 16.7. The molecule has 0 aliphatic carbocycles. The summed E-state index contributed by atoms with van der Waals surface area (Å²) in [5, 5.41) is 5.22. The van der Waals surface area contributed by atoms with E-state index in [0.717, 1.165) is 10.0 Å². The monoisotopic (exact) mass is 376 g/mol. The molecule has 0 unspecified atom stereocenters. The topological polar surface area (TPSA) is 67.4 Å². The van der Waals surface area contributed by atoms with Crippen molar-refractivity contribution in [3.05, 3.63) is 58.6 Å². The minimum absolute atomic E-state index is 0.114. The largest absolute Gasteiger partial charge is 0.484 e. The molecule has 0 bridgehead atoms. The molecule has 2 aromatic rings. The van der Waals surface area contributed by atoms with E-state index < -0.39 is 0 Å². The lowest BCUT2D eigenvalue weighted by Gasteiger charge is -2.09. The van der Waals surface area contributed by atoms with E-state index >= 15 is 0 Å². The quantitative estimate of drug-likeness (QED) is 0.814. The predicted octanol–water partition coefficient (Wildman–Crippen LogP) is 2.89. The maximum atomic E-state index is 11.8. The number of ether oxygens (including phenoxy) is 1. The number of hydrogen-bond acceptors (Lipinski definition) is 3. The molecule has 0 aliphatic rings. The van der Waals surface area contributed by atoms with E-state index in [4.69, 9.17) is 4.74 Å². The van der Waals surface area contributed by atoms with Crippen LogP contribution >= 0.6 is 15.9 Å². The summed E-state index contributed by atoms with van der Waals surface area (Å²) in [6.45, 7) is 1.73. The van der Waals surface area contributed by atoms with Gasteiger partial charge in [-0.15, -0.1) is 0 Å². The summed E-state index contributed by atoms with van der Waals surface area (Å²) in [4.78, 5) is 23.5. The molecule has 0 saturated heterocycles. The molecule has 2 rings (SSSR count). The number of amides is 2. The average molecular weight is 377 g/mol. The van der Waals surface area contributed by atoms with Crippen molar-refractivity contribution in [2.75, 3.05) is 18.5 Å². The number of nitrogens with one attached hydrogen (secondary N) is 2. The molecular weight excluding hydrogens is 360 g/mol. The van der Waals surface area contributed by atoms with Crippen LogP contribution < -0.4 is 15.4 Å². The van der Waals surface area contributed by atoms with Crippen LogP contribution in [-0.2, 0) is 9.59 Å². The van der Waals surface area contributed by atoms with Crippen molar-refractivity contribution in [2.45, 2.75) is 6.92 Å². The van der Waals surface area contributed by atoms with Gasteiger partial charge in [-0.05, 0) is 47.1 Å². The van der Waals surface area contributed by atoms with Gasteiger partial charge in [0.1, 0.15) is 5.75 Å². The summed E-state index contributed by atoms with van der Waals surface area (Å²) >= 11 is 3.34. The highest BCUT2D eigenvalue weighted by molar-refractivity contribution is 9.10. The lowest BCUT2D eigenvalue weighted by atomic mass is 10.2. The van der Waals surface area contributed by atoms with Crippen molar-refractivity contribution in [1.29, 1.82) is 0 Å². The maximum Gasteiger partial charge on any atom is 0.258 e. The van der Waals surface area contributed by atoms with Gasteiger partial charge in [-0.25, -0.2) is 0 Å². The second-order valence-electron chi connectivity index (χ2n) is 4.91. The lowest BCUT2D eigenvalue weighted by Crippen LogP contribution is -2.35. The Morgan fingerprint density at radius 2 is 1.74 bits per heavy atom. The van der Waals surface area contributed by atoms with Gasteiger partial charge < -0.3 is 15.4 Å². The summed E-state index contributed by atoms with van der Waals surface area (Å²) in [6.07, 6.45) is 0. The molecule has 2 amide bonds. The van der Waals surface area contributed by atoms with E-state index in [1.54, 1.807) is 18.2 Å². The van der Waals surface area contributed by atoms with Gasteiger partial charge in [-0.2, -0.15) is 0 Å².